The summed E-state index contributed by atoms with van der Waals surface area (Å²) in [4.78, 5) is 45.2. The Morgan fingerprint density at radius 1 is 0.950 bits per heavy atom. The van der Waals surface area contributed by atoms with Crippen molar-refractivity contribution in [3.8, 4) is 0 Å². The Labute approximate surface area is 117 Å². The van der Waals surface area contributed by atoms with Crippen LogP contribution >= 0.6 is 0 Å². The molecule has 9 nitrogen and oxygen atoms in total. The van der Waals surface area contributed by atoms with E-state index in [4.69, 9.17) is 5.73 Å². The maximum Gasteiger partial charge on any atom is 0.245 e. The molecular weight excluding hydrogens is 266 g/mol. The summed E-state index contributed by atoms with van der Waals surface area (Å²) >= 11 is 0. The molecule has 0 saturated heterocycles. The van der Waals surface area contributed by atoms with Gasteiger partial charge in [-0.3, -0.25) is 19.2 Å². The molecule has 0 saturated carbocycles. The van der Waals surface area contributed by atoms with Gasteiger partial charge in [0.2, 0.25) is 23.6 Å². The zero-order valence-corrected chi connectivity index (χ0v) is 11.8. The molecule has 0 aromatic carbocycles. The van der Waals surface area contributed by atoms with E-state index < -0.39 is 23.3 Å². The Morgan fingerprint density at radius 3 is 2.00 bits per heavy atom. The zero-order valence-electron chi connectivity index (χ0n) is 11.8. The lowest BCUT2D eigenvalue weighted by Crippen LogP contribution is -2.57. The second-order valence-corrected chi connectivity index (χ2v) is 4.51. The average Bonchev–Trinajstić information content (AvgIpc) is 2.41. The van der Waals surface area contributed by atoms with Crippen LogP contribution in [0.5, 0.6) is 0 Å². The van der Waals surface area contributed by atoms with Gasteiger partial charge in [0, 0.05) is 7.05 Å². The Balaban J connectivity index is 4.17. The molecule has 0 atom stereocenters. The highest BCUT2D eigenvalue weighted by atomic mass is 16.2. The molecule has 0 aliphatic carbocycles. The number of hydrogen-bond acceptors (Lipinski definition) is 5. The molecule has 0 spiro atoms. The van der Waals surface area contributed by atoms with Crippen molar-refractivity contribution < 1.29 is 19.2 Å². The number of hydrogen-bond donors (Lipinski definition) is 5. The molecule has 0 rings (SSSR count). The molecule has 9 heteroatoms. The van der Waals surface area contributed by atoms with Crippen LogP contribution in [0.4, 0.5) is 0 Å². The van der Waals surface area contributed by atoms with Crippen molar-refractivity contribution in [3.05, 3.63) is 0 Å². The van der Waals surface area contributed by atoms with Gasteiger partial charge in [-0.2, -0.15) is 0 Å². The van der Waals surface area contributed by atoms with E-state index in [0.717, 1.165) is 0 Å². The molecule has 20 heavy (non-hydrogen) atoms. The SMILES string of the molecule is CNC(=O)CNC(=O)CNC(=O)C(C)(C)NC(=O)CN. The van der Waals surface area contributed by atoms with Crippen LogP contribution in [0.15, 0.2) is 0 Å². The van der Waals surface area contributed by atoms with Crippen molar-refractivity contribution in [3.63, 3.8) is 0 Å². The Kier molecular flexibility index (Phi) is 7.22. The lowest BCUT2D eigenvalue weighted by molar-refractivity contribution is -0.133. The van der Waals surface area contributed by atoms with E-state index in [0.29, 0.717) is 0 Å². The van der Waals surface area contributed by atoms with Gasteiger partial charge in [-0.1, -0.05) is 0 Å². The van der Waals surface area contributed by atoms with E-state index in [1.54, 1.807) is 0 Å². The standard InChI is InChI=1S/C11H21N5O4/c1-11(2,16-7(17)4-12)10(20)15-6-9(19)14-5-8(18)13-3/h4-6,12H2,1-3H3,(H,13,18)(H,14,19)(H,15,20)(H,16,17). The fourth-order valence-electron chi connectivity index (χ4n) is 1.17. The van der Waals surface area contributed by atoms with E-state index in [1.807, 2.05) is 0 Å². The molecule has 114 valence electrons. The van der Waals surface area contributed by atoms with Crippen LogP contribution in [0.1, 0.15) is 13.8 Å². The van der Waals surface area contributed by atoms with Crippen molar-refractivity contribution >= 4 is 23.6 Å². The molecule has 6 N–H and O–H groups in total. The predicted octanol–water partition coefficient (Wildman–Crippen LogP) is -3.18. The first-order valence-corrected chi connectivity index (χ1v) is 5.99. The van der Waals surface area contributed by atoms with Crippen molar-refractivity contribution in [2.24, 2.45) is 5.73 Å². The number of carbonyl (C=O) groups excluding carboxylic acids is 4. The molecule has 0 bridgehead atoms. The van der Waals surface area contributed by atoms with Crippen molar-refractivity contribution in [1.29, 1.82) is 0 Å². The molecule has 0 aromatic rings. The monoisotopic (exact) mass is 287 g/mol. The van der Waals surface area contributed by atoms with Crippen LogP contribution in [0.3, 0.4) is 0 Å². The average molecular weight is 287 g/mol. The number of amides is 4. The first-order chi connectivity index (χ1) is 9.22. The van der Waals surface area contributed by atoms with Crippen molar-refractivity contribution in [1.82, 2.24) is 21.3 Å². The summed E-state index contributed by atoms with van der Waals surface area (Å²) in [5.74, 6) is -1.87. The van der Waals surface area contributed by atoms with E-state index in [-0.39, 0.29) is 25.5 Å². The minimum absolute atomic E-state index is 0.168. The smallest absolute Gasteiger partial charge is 0.245 e. The molecule has 0 aliphatic rings. The van der Waals surface area contributed by atoms with Crippen LogP contribution in [0, 0.1) is 0 Å². The van der Waals surface area contributed by atoms with Gasteiger partial charge < -0.3 is 27.0 Å². The number of rotatable bonds is 7. The number of nitrogens with two attached hydrogens (primary N) is 1. The van der Waals surface area contributed by atoms with Gasteiger partial charge in [0.25, 0.3) is 0 Å². The van der Waals surface area contributed by atoms with Crippen LogP contribution in [-0.4, -0.2) is 55.8 Å². The summed E-state index contributed by atoms with van der Waals surface area (Å²) in [6, 6.07) is 0. The summed E-state index contributed by atoms with van der Waals surface area (Å²) in [5.41, 5.74) is 3.95. The van der Waals surface area contributed by atoms with E-state index >= 15 is 0 Å². The third kappa shape index (κ3) is 6.69. The second kappa shape index (κ2) is 8.10. The van der Waals surface area contributed by atoms with Gasteiger partial charge in [0.1, 0.15) is 5.54 Å². The Bertz CT molecular complexity index is 394. The molecule has 4 amide bonds. The summed E-state index contributed by atoms with van der Waals surface area (Å²) in [7, 11) is 1.44. The van der Waals surface area contributed by atoms with Crippen molar-refractivity contribution in [2.45, 2.75) is 19.4 Å². The predicted molar refractivity (Wildman–Crippen MR) is 71.4 cm³/mol. The number of carbonyl (C=O) groups is 4. The van der Waals surface area contributed by atoms with Gasteiger partial charge in [0.05, 0.1) is 19.6 Å². The molecular formula is C11H21N5O4. The zero-order chi connectivity index (χ0) is 15.8. The van der Waals surface area contributed by atoms with E-state index in [9.17, 15) is 19.2 Å². The second-order valence-electron chi connectivity index (χ2n) is 4.51. The normalized spacial score (nSPS) is 10.4. The third-order valence-electron chi connectivity index (χ3n) is 2.34. The fraction of sp³-hybridized carbons (Fsp3) is 0.636. The largest absolute Gasteiger partial charge is 0.358 e. The summed E-state index contributed by atoms with van der Waals surface area (Å²) < 4.78 is 0. The molecule has 0 unspecified atom stereocenters. The van der Waals surface area contributed by atoms with Gasteiger partial charge >= 0.3 is 0 Å². The highest BCUT2D eigenvalue weighted by Crippen LogP contribution is 2.01. The quantitative estimate of drug-likeness (QED) is 0.335. The van der Waals surface area contributed by atoms with Gasteiger partial charge in [-0.25, -0.2) is 0 Å². The van der Waals surface area contributed by atoms with Crippen LogP contribution in [0.25, 0.3) is 0 Å². The molecule has 0 heterocycles. The van der Waals surface area contributed by atoms with E-state index in [2.05, 4.69) is 21.3 Å². The lowest BCUT2D eigenvalue weighted by atomic mass is 10.0. The van der Waals surface area contributed by atoms with Crippen LogP contribution < -0.4 is 27.0 Å². The first-order valence-electron chi connectivity index (χ1n) is 5.99. The summed E-state index contributed by atoms with van der Waals surface area (Å²) in [6.45, 7) is 2.27. The number of nitrogens with one attached hydrogen (secondary N) is 4. The minimum atomic E-state index is -1.18. The first kappa shape index (κ1) is 17.8. The third-order valence-corrected chi connectivity index (χ3v) is 2.34. The topological polar surface area (TPSA) is 142 Å². The maximum absolute atomic E-state index is 11.8. The van der Waals surface area contributed by atoms with Crippen LogP contribution in [-0.2, 0) is 19.2 Å². The summed E-state index contributed by atoms with van der Waals surface area (Å²) in [5, 5.41) is 9.43. The highest BCUT2D eigenvalue weighted by molar-refractivity contribution is 5.94. The fourth-order valence-corrected chi connectivity index (χ4v) is 1.17. The highest BCUT2D eigenvalue weighted by Gasteiger charge is 2.29. The Morgan fingerprint density at radius 2 is 1.50 bits per heavy atom. The van der Waals surface area contributed by atoms with Crippen LogP contribution in [0.2, 0.25) is 0 Å². The molecule has 0 aliphatic heterocycles. The van der Waals surface area contributed by atoms with Gasteiger partial charge in [-0.15, -0.1) is 0 Å². The molecule has 0 radical (unpaired) electrons. The maximum atomic E-state index is 11.8. The lowest BCUT2D eigenvalue weighted by Gasteiger charge is -2.24. The summed E-state index contributed by atoms with van der Waals surface area (Å²) in [6.07, 6.45) is 0. The number of likely N-dealkylation sites (N-methyl/N-ethyl adjacent to an activating group) is 1. The van der Waals surface area contributed by atoms with E-state index in [1.165, 1.54) is 20.9 Å². The van der Waals surface area contributed by atoms with Gasteiger partial charge in [-0.05, 0) is 13.8 Å². The van der Waals surface area contributed by atoms with Gasteiger partial charge in [0.15, 0.2) is 0 Å². The molecule has 0 fully saturated rings. The Hall–Kier alpha value is -2.16. The minimum Gasteiger partial charge on any atom is -0.358 e. The van der Waals surface area contributed by atoms with Crippen molar-refractivity contribution in [2.75, 3.05) is 26.7 Å². The molecule has 0 aromatic heterocycles.